The van der Waals surface area contributed by atoms with Crippen LogP contribution in [-0.4, -0.2) is 25.3 Å². The van der Waals surface area contributed by atoms with Crippen LogP contribution in [0.1, 0.15) is 33.7 Å². The van der Waals surface area contributed by atoms with Crippen molar-refractivity contribution < 1.29 is 23.8 Å². The fraction of sp³-hybridized carbons (Fsp3) is 0.182. The second-order valence-electron chi connectivity index (χ2n) is 6.53. The number of hydrogen-bond donors (Lipinski definition) is 1. The highest BCUT2D eigenvalue weighted by molar-refractivity contribution is 5.94. The van der Waals surface area contributed by atoms with Gasteiger partial charge >= 0.3 is 5.97 Å². The Morgan fingerprint density at radius 2 is 1.93 bits per heavy atom. The molecule has 1 aromatic heterocycles. The summed E-state index contributed by atoms with van der Waals surface area (Å²) in [6, 6.07) is 9.87. The molecule has 0 unspecified atom stereocenters. The van der Waals surface area contributed by atoms with E-state index in [1.165, 1.54) is 18.2 Å². The van der Waals surface area contributed by atoms with Crippen LogP contribution >= 0.6 is 0 Å². The van der Waals surface area contributed by atoms with Gasteiger partial charge in [-0.05, 0) is 54.8 Å². The second-order valence-corrected chi connectivity index (χ2v) is 6.53. The van der Waals surface area contributed by atoms with E-state index in [4.69, 9.17) is 19.0 Å². The van der Waals surface area contributed by atoms with E-state index < -0.39 is 5.97 Å². The van der Waals surface area contributed by atoms with Gasteiger partial charge in [-0.25, -0.2) is 4.79 Å². The average Bonchev–Trinajstić information content (AvgIpc) is 3.11. The van der Waals surface area contributed by atoms with Crippen molar-refractivity contribution in [3.63, 3.8) is 0 Å². The summed E-state index contributed by atoms with van der Waals surface area (Å²) in [6.45, 7) is 0. The molecule has 6 heteroatoms. The fourth-order valence-corrected chi connectivity index (χ4v) is 3.49. The fourth-order valence-electron chi connectivity index (χ4n) is 3.49. The minimum atomic E-state index is -1.08. The lowest BCUT2D eigenvalue weighted by Crippen LogP contribution is -2.09. The van der Waals surface area contributed by atoms with Crippen LogP contribution < -0.4 is 14.9 Å². The molecule has 2 aromatic carbocycles. The van der Waals surface area contributed by atoms with Gasteiger partial charge in [0.25, 0.3) is 0 Å². The third kappa shape index (κ3) is 2.93. The Hall–Kier alpha value is -3.54. The standard InChI is InChI=1S/C22H18O6/c1-26-15-6-3-12(19(11-15)27-2)9-13-4-7-16-20(23)17-10-14(22(24)25)5-8-18(17)28-21(13)16/h3,5-6,8-11H,4,7H2,1-2H3,(H,24,25). The maximum Gasteiger partial charge on any atom is 0.335 e. The molecule has 0 fully saturated rings. The molecule has 0 amide bonds. The van der Waals surface area contributed by atoms with Gasteiger partial charge in [0, 0.05) is 17.2 Å². The van der Waals surface area contributed by atoms with Crippen LogP contribution in [-0.2, 0) is 6.42 Å². The lowest BCUT2D eigenvalue weighted by molar-refractivity contribution is 0.0697. The number of methoxy groups -OCH3 is 2. The molecule has 4 rings (SSSR count). The summed E-state index contributed by atoms with van der Waals surface area (Å²) < 4.78 is 16.7. The van der Waals surface area contributed by atoms with Crippen molar-refractivity contribution in [2.75, 3.05) is 14.2 Å². The number of hydrogen-bond acceptors (Lipinski definition) is 5. The van der Waals surface area contributed by atoms with Crippen LogP contribution in [0.2, 0.25) is 0 Å². The molecule has 3 aromatic rings. The first kappa shape index (κ1) is 17.9. The molecule has 0 saturated heterocycles. The summed E-state index contributed by atoms with van der Waals surface area (Å²) in [6.07, 6.45) is 3.16. The van der Waals surface area contributed by atoms with Gasteiger partial charge in [0.2, 0.25) is 0 Å². The Morgan fingerprint density at radius 1 is 1.11 bits per heavy atom. The van der Waals surface area contributed by atoms with E-state index in [1.54, 1.807) is 20.3 Å². The molecule has 0 spiro atoms. The Morgan fingerprint density at radius 3 is 2.64 bits per heavy atom. The smallest absolute Gasteiger partial charge is 0.335 e. The zero-order valence-electron chi connectivity index (χ0n) is 15.4. The highest BCUT2D eigenvalue weighted by Crippen LogP contribution is 2.36. The number of fused-ring (bicyclic) bond motifs is 2. The Bertz CT molecular complexity index is 1190. The number of aromatic carboxylic acids is 1. The van der Waals surface area contributed by atoms with Gasteiger partial charge in [0.1, 0.15) is 22.8 Å². The first-order valence-electron chi connectivity index (χ1n) is 8.78. The van der Waals surface area contributed by atoms with Crippen LogP contribution in [0.25, 0.3) is 22.6 Å². The van der Waals surface area contributed by atoms with Gasteiger partial charge < -0.3 is 19.0 Å². The van der Waals surface area contributed by atoms with Gasteiger partial charge in [-0.3, -0.25) is 4.79 Å². The zero-order valence-corrected chi connectivity index (χ0v) is 15.4. The lowest BCUT2D eigenvalue weighted by atomic mass is 10.1. The summed E-state index contributed by atoms with van der Waals surface area (Å²) in [5.41, 5.74) is 2.60. The monoisotopic (exact) mass is 378 g/mol. The first-order chi connectivity index (χ1) is 13.5. The van der Waals surface area contributed by atoms with Crippen molar-refractivity contribution >= 4 is 28.6 Å². The molecule has 0 aliphatic heterocycles. The van der Waals surface area contributed by atoms with Gasteiger partial charge in [-0.15, -0.1) is 0 Å². The van der Waals surface area contributed by atoms with Gasteiger partial charge in [0.05, 0.1) is 25.2 Å². The average molecular weight is 378 g/mol. The number of ether oxygens (including phenoxy) is 2. The van der Waals surface area contributed by atoms with E-state index in [1.807, 2.05) is 18.2 Å². The molecular formula is C22H18O6. The van der Waals surface area contributed by atoms with Gasteiger partial charge in [-0.2, -0.15) is 0 Å². The third-order valence-corrected chi connectivity index (χ3v) is 4.94. The minimum absolute atomic E-state index is 0.0662. The van der Waals surface area contributed by atoms with Gasteiger partial charge in [0.15, 0.2) is 5.43 Å². The van der Waals surface area contributed by atoms with E-state index in [0.29, 0.717) is 46.6 Å². The van der Waals surface area contributed by atoms with Crippen molar-refractivity contribution in [2.45, 2.75) is 12.8 Å². The van der Waals surface area contributed by atoms with Crippen molar-refractivity contribution in [3.8, 4) is 11.5 Å². The SMILES string of the molecule is COc1ccc(C=C2CCc3c2oc2ccc(C(=O)O)cc2c3=O)c(OC)c1. The molecule has 0 atom stereocenters. The molecule has 0 radical (unpaired) electrons. The molecule has 0 saturated carbocycles. The molecule has 28 heavy (non-hydrogen) atoms. The molecular weight excluding hydrogens is 360 g/mol. The summed E-state index contributed by atoms with van der Waals surface area (Å²) in [5.74, 6) is 0.833. The van der Waals surface area contributed by atoms with Crippen molar-refractivity contribution in [1.29, 1.82) is 0 Å². The molecule has 1 N–H and O–H groups in total. The summed E-state index contributed by atoms with van der Waals surface area (Å²) >= 11 is 0. The highest BCUT2D eigenvalue weighted by Gasteiger charge is 2.24. The Kier molecular flexibility index (Phi) is 4.39. The van der Waals surface area contributed by atoms with E-state index in [9.17, 15) is 9.59 Å². The normalized spacial score (nSPS) is 14.3. The molecule has 6 nitrogen and oxygen atoms in total. The van der Waals surface area contributed by atoms with Crippen LogP contribution in [0, 0.1) is 0 Å². The van der Waals surface area contributed by atoms with Crippen LogP contribution in [0.3, 0.4) is 0 Å². The summed E-state index contributed by atoms with van der Waals surface area (Å²) in [4.78, 5) is 24.1. The topological polar surface area (TPSA) is 86.0 Å². The van der Waals surface area contributed by atoms with Crippen molar-refractivity contribution in [1.82, 2.24) is 0 Å². The summed E-state index contributed by atoms with van der Waals surface area (Å²) in [5, 5.41) is 9.45. The molecule has 1 aliphatic carbocycles. The number of carbonyl (C=O) groups is 1. The Balaban J connectivity index is 1.85. The maximum absolute atomic E-state index is 12.9. The predicted octanol–water partition coefficient (Wildman–Crippen LogP) is 4.00. The van der Waals surface area contributed by atoms with E-state index >= 15 is 0 Å². The third-order valence-electron chi connectivity index (χ3n) is 4.94. The number of allylic oxidation sites excluding steroid dienone is 1. The number of carboxylic acids is 1. The Labute approximate surface area is 160 Å². The molecule has 0 bridgehead atoms. The van der Waals surface area contributed by atoms with E-state index in [2.05, 4.69) is 0 Å². The minimum Gasteiger partial charge on any atom is -0.497 e. The summed E-state index contributed by atoms with van der Waals surface area (Å²) in [7, 11) is 3.18. The van der Waals surface area contributed by atoms with E-state index in [-0.39, 0.29) is 11.0 Å². The quantitative estimate of drug-likeness (QED) is 0.739. The van der Waals surface area contributed by atoms with Gasteiger partial charge in [-0.1, -0.05) is 0 Å². The zero-order chi connectivity index (χ0) is 19.8. The van der Waals surface area contributed by atoms with Crippen molar-refractivity contribution in [2.24, 2.45) is 0 Å². The number of benzene rings is 2. The lowest BCUT2D eigenvalue weighted by Gasteiger charge is -2.09. The van der Waals surface area contributed by atoms with Crippen LogP contribution in [0.5, 0.6) is 11.5 Å². The second kappa shape index (κ2) is 6.88. The van der Waals surface area contributed by atoms with Crippen LogP contribution in [0.4, 0.5) is 0 Å². The maximum atomic E-state index is 12.9. The molecule has 1 heterocycles. The molecule has 142 valence electrons. The van der Waals surface area contributed by atoms with E-state index in [0.717, 1.165) is 11.1 Å². The first-order valence-corrected chi connectivity index (χ1v) is 8.78. The molecule has 1 aliphatic rings. The predicted molar refractivity (Wildman–Crippen MR) is 105 cm³/mol. The van der Waals surface area contributed by atoms with Crippen molar-refractivity contribution in [3.05, 3.63) is 69.1 Å². The highest BCUT2D eigenvalue weighted by atomic mass is 16.5. The number of rotatable bonds is 4. The number of carboxylic acid groups (broad SMARTS) is 1. The van der Waals surface area contributed by atoms with Crippen LogP contribution in [0.15, 0.2) is 45.6 Å². The largest absolute Gasteiger partial charge is 0.497 e.